The van der Waals surface area contributed by atoms with Gasteiger partial charge in [-0.25, -0.2) is 9.97 Å². The number of likely N-dealkylation sites (N-methyl/N-ethyl adjacent to an activating group) is 1. The molecule has 3 rings (SSSR count). The first kappa shape index (κ1) is 11.7. The maximum Gasteiger partial charge on any atom is 0.137 e. The molecule has 1 aromatic rings. The Hall–Kier alpha value is -1.36. The van der Waals surface area contributed by atoms with Crippen LogP contribution in [0.3, 0.4) is 0 Å². The molecule has 2 fully saturated rings. The minimum atomic E-state index is 0.550. The Morgan fingerprint density at radius 1 is 1.28 bits per heavy atom. The molecular formula is C13H21N5. The Morgan fingerprint density at radius 3 is 2.67 bits per heavy atom. The molecule has 0 spiro atoms. The molecule has 0 unspecified atom stereocenters. The minimum Gasteiger partial charge on any atom is -0.383 e. The summed E-state index contributed by atoms with van der Waals surface area (Å²) < 4.78 is 0. The zero-order valence-electron chi connectivity index (χ0n) is 11.1. The van der Waals surface area contributed by atoms with Crippen LogP contribution in [0.15, 0.2) is 0 Å². The second-order valence-corrected chi connectivity index (χ2v) is 5.41. The second kappa shape index (κ2) is 4.39. The highest BCUT2D eigenvalue weighted by atomic mass is 15.2. The predicted octanol–water partition coefficient (Wildman–Crippen LogP) is 1.04. The van der Waals surface area contributed by atoms with E-state index >= 15 is 0 Å². The molecular weight excluding hydrogens is 226 g/mol. The number of nitrogens with two attached hydrogens (primary N) is 1. The fourth-order valence-electron chi connectivity index (χ4n) is 2.56. The van der Waals surface area contributed by atoms with Crippen molar-refractivity contribution in [1.29, 1.82) is 0 Å². The summed E-state index contributed by atoms with van der Waals surface area (Å²) in [5.74, 6) is 3.19. The number of nitrogens with zero attached hydrogens (tertiary/aromatic N) is 3. The topological polar surface area (TPSA) is 67.1 Å². The van der Waals surface area contributed by atoms with Gasteiger partial charge in [-0.2, -0.15) is 0 Å². The Bertz CT molecular complexity index is 455. The van der Waals surface area contributed by atoms with Gasteiger partial charge in [-0.3, -0.25) is 0 Å². The van der Waals surface area contributed by atoms with Crippen molar-refractivity contribution in [2.24, 2.45) is 0 Å². The van der Waals surface area contributed by atoms with Crippen molar-refractivity contribution in [3.05, 3.63) is 11.4 Å². The van der Waals surface area contributed by atoms with Crippen LogP contribution >= 0.6 is 0 Å². The monoisotopic (exact) mass is 247 g/mol. The van der Waals surface area contributed by atoms with Crippen LogP contribution in [0.25, 0.3) is 0 Å². The van der Waals surface area contributed by atoms with E-state index in [0.717, 1.165) is 30.3 Å². The van der Waals surface area contributed by atoms with Crippen LogP contribution in [0, 0.1) is 6.92 Å². The van der Waals surface area contributed by atoms with E-state index in [-0.39, 0.29) is 0 Å². The lowest BCUT2D eigenvalue weighted by Crippen LogP contribution is -2.30. The van der Waals surface area contributed by atoms with Crippen LogP contribution in [0.5, 0.6) is 0 Å². The summed E-state index contributed by atoms with van der Waals surface area (Å²) in [6, 6.07) is 0.560. The van der Waals surface area contributed by atoms with Crippen LogP contribution in [0.1, 0.15) is 36.6 Å². The van der Waals surface area contributed by atoms with Gasteiger partial charge in [0.2, 0.25) is 0 Å². The van der Waals surface area contributed by atoms with Gasteiger partial charge >= 0.3 is 0 Å². The molecule has 1 aromatic heterocycles. The molecule has 0 aromatic carbocycles. The first-order valence-electron chi connectivity index (χ1n) is 6.75. The molecule has 98 valence electrons. The minimum absolute atomic E-state index is 0.550. The van der Waals surface area contributed by atoms with Crippen molar-refractivity contribution in [3.63, 3.8) is 0 Å². The quantitative estimate of drug-likeness (QED) is 0.835. The van der Waals surface area contributed by atoms with Gasteiger partial charge in [-0.15, -0.1) is 0 Å². The average Bonchev–Trinajstić information content (AvgIpc) is 3.11. The number of nitrogens with one attached hydrogen (secondary N) is 1. The number of anilines is 2. The van der Waals surface area contributed by atoms with Crippen LogP contribution < -0.4 is 16.0 Å². The summed E-state index contributed by atoms with van der Waals surface area (Å²) in [6.45, 7) is 4.08. The summed E-state index contributed by atoms with van der Waals surface area (Å²) in [7, 11) is 2.02. The van der Waals surface area contributed by atoms with E-state index in [4.69, 9.17) is 10.7 Å². The van der Waals surface area contributed by atoms with Crippen molar-refractivity contribution >= 4 is 11.6 Å². The maximum absolute atomic E-state index is 6.03. The van der Waals surface area contributed by atoms with Crippen molar-refractivity contribution < 1.29 is 0 Å². The third-order valence-electron chi connectivity index (χ3n) is 4.01. The fourth-order valence-corrected chi connectivity index (χ4v) is 2.56. The van der Waals surface area contributed by atoms with Crippen molar-refractivity contribution in [3.8, 4) is 0 Å². The van der Waals surface area contributed by atoms with Crippen LogP contribution in [0.2, 0.25) is 0 Å². The van der Waals surface area contributed by atoms with Gasteiger partial charge in [-0.05, 0) is 33.2 Å². The van der Waals surface area contributed by atoms with E-state index in [9.17, 15) is 0 Å². The van der Waals surface area contributed by atoms with Gasteiger partial charge in [0.1, 0.15) is 17.5 Å². The first-order chi connectivity index (χ1) is 8.69. The largest absolute Gasteiger partial charge is 0.383 e. The molecule has 1 aliphatic carbocycles. The van der Waals surface area contributed by atoms with E-state index in [1.807, 2.05) is 14.0 Å². The molecule has 0 radical (unpaired) electrons. The number of rotatable bonds is 3. The van der Waals surface area contributed by atoms with Gasteiger partial charge in [-0.1, -0.05) is 0 Å². The predicted molar refractivity (Wildman–Crippen MR) is 72.8 cm³/mol. The maximum atomic E-state index is 6.03. The molecule has 0 amide bonds. The molecule has 5 nitrogen and oxygen atoms in total. The molecule has 1 atom stereocenters. The van der Waals surface area contributed by atoms with Gasteiger partial charge in [0.25, 0.3) is 0 Å². The molecule has 18 heavy (non-hydrogen) atoms. The van der Waals surface area contributed by atoms with E-state index in [1.165, 1.54) is 19.3 Å². The summed E-state index contributed by atoms with van der Waals surface area (Å²) in [6.07, 6.45) is 3.58. The molecule has 2 heterocycles. The first-order valence-corrected chi connectivity index (χ1v) is 6.75. The summed E-state index contributed by atoms with van der Waals surface area (Å²) in [5, 5.41) is 3.33. The second-order valence-electron chi connectivity index (χ2n) is 5.41. The van der Waals surface area contributed by atoms with Crippen LogP contribution in [-0.4, -0.2) is 36.1 Å². The third kappa shape index (κ3) is 2.03. The van der Waals surface area contributed by atoms with Gasteiger partial charge in [0, 0.05) is 30.6 Å². The van der Waals surface area contributed by atoms with Crippen molar-refractivity contribution in [2.75, 3.05) is 30.8 Å². The summed E-state index contributed by atoms with van der Waals surface area (Å²) in [4.78, 5) is 11.5. The van der Waals surface area contributed by atoms with Crippen molar-refractivity contribution in [1.82, 2.24) is 15.3 Å². The Kier molecular flexibility index (Phi) is 2.86. The number of nitrogen functional groups attached to an aromatic ring is 1. The standard InChI is InChI=1S/C13H21N5/c1-8-11(14)16-12(9-3-4-9)17-13(8)18-6-5-10(7-18)15-2/h9-10,15H,3-7H2,1-2H3,(H2,14,16,17)/t10-/m1/s1. The molecule has 1 aliphatic heterocycles. The normalized spacial score (nSPS) is 23.7. The molecule has 0 bridgehead atoms. The lowest BCUT2D eigenvalue weighted by Gasteiger charge is -2.21. The van der Waals surface area contributed by atoms with Gasteiger partial charge in [0.05, 0.1) is 0 Å². The molecule has 3 N–H and O–H groups in total. The van der Waals surface area contributed by atoms with Crippen LogP contribution in [0.4, 0.5) is 11.6 Å². The third-order valence-corrected chi connectivity index (χ3v) is 4.01. The van der Waals surface area contributed by atoms with Gasteiger partial charge in [0.15, 0.2) is 0 Å². The number of aromatic nitrogens is 2. The van der Waals surface area contributed by atoms with E-state index in [0.29, 0.717) is 17.8 Å². The lowest BCUT2D eigenvalue weighted by atomic mass is 10.2. The number of hydrogen-bond donors (Lipinski definition) is 2. The average molecular weight is 247 g/mol. The smallest absolute Gasteiger partial charge is 0.137 e. The fraction of sp³-hybridized carbons (Fsp3) is 0.692. The zero-order chi connectivity index (χ0) is 12.7. The SMILES string of the molecule is CN[C@@H]1CCN(c2nc(C3CC3)nc(N)c2C)C1. The highest BCUT2D eigenvalue weighted by Crippen LogP contribution is 2.39. The molecule has 2 aliphatic rings. The number of hydrogen-bond acceptors (Lipinski definition) is 5. The highest BCUT2D eigenvalue weighted by Gasteiger charge is 2.30. The van der Waals surface area contributed by atoms with Gasteiger partial charge < -0.3 is 16.0 Å². The molecule has 1 saturated heterocycles. The van der Waals surface area contributed by atoms with E-state index in [1.54, 1.807) is 0 Å². The Morgan fingerprint density at radius 2 is 2.06 bits per heavy atom. The van der Waals surface area contributed by atoms with Crippen molar-refractivity contribution in [2.45, 2.75) is 38.1 Å². The lowest BCUT2D eigenvalue weighted by molar-refractivity contribution is 0.616. The van der Waals surface area contributed by atoms with Crippen LogP contribution in [-0.2, 0) is 0 Å². The Labute approximate surface area is 108 Å². The molecule has 5 heteroatoms. The summed E-state index contributed by atoms with van der Waals surface area (Å²) >= 11 is 0. The Balaban J connectivity index is 1.90. The highest BCUT2D eigenvalue weighted by molar-refractivity contribution is 5.57. The molecule has 1 saturated carbocycles. The van der Waals surface area contributed by atoms with E-state index in [2.05, 4.69) is 15.2 Å². The zero-order valence-corrected chi connectivity index (χ0v) is 11.1. The van der Waals surface area contributed by atoms with E-state index < -0.39 is 0 Å². The summed E-state index contributed by atoms with van der Waals surface area (Å²) in [5.41, 5.74) is 7.05.